The van der Waals surface area contributed by atoms with Crippen LogP contribution in [-0.2, 0) is 7.05 Å². The van der Waals surface area contributed by atoms with Gasteiger partial charge >= 0.3 is 0 Å². The second-order valence-electron chi connectivity index (χ2n) is 3.64. The molecule has 0 spiro atoms. The minimum absolute atomic E-state index is 0.213. The number of halogens is 1. The van der Waals surface area contributed by atoms with E-state index in [9.17, 15) is 4.79 Å². The van der Waals surface area contributed by atoms with E-state index in [4.69, 9.17) is 11.6 Å². The number of carbonyl (C=O) groups is 1. The van der Waals surface area contributed by atoms with Crippen LogP contribution in [0.2, 0.25) is 5.15 Å². The van der Waals surface area contributed by atoms with Gasteiger partial charge in [-0.25, -0.2) is 14.6 Å². The molecular formula is C10H7ClN6OS. The van der Waals surface area contributed by atoms with Crippen molar-refractivity contribution in [2.45, 2.75) is 0 Å². The molecule has 0 aliphatic carbocycles. The number of amides is 1. The molecule has 0 aliphatic rings. The molecule has 3 heterocycles. The molecule has 0 fully saturated rings. The molecule has 7 nitrogen and oxygen atoms in total. The van der Waals surface area contributed by atoms with Crippen molar-refractivity contribution >= 4 is 44.3 Å². The van der Waals surface area contributed by atoms with Crippen LogP contribution in [0.4, 0.5) is 5.13 Å². The number of pyridine rings is 1. The number of thiazole rings is 1. The lowest BCUT2D eigenvalue weighted by Gasteiger charge is -1.99. The Hall–Kier alpha value is -2.06. The molecule has 0 saturated carbocycles. The van der Waals surface area contributed by atoms with Gasteiger partial charge in [0.2, 0.25) is 5.82 Å². The number of rotatable bonds is 2. The average Bonchev–Trinajstić information content (AvgIpc) is 2.94. The number of hydrogen-bond acceptors (Lipinski definition) is 6. The molecule has 3 aromatic heterocycles. The summed E-state index contributed by atoms with van der Waals surface area (Å²) >= 11 is 7.10. The van der Waals surface area contributed by atoms with Crippen LogP contribution in [0.3, 0.4) is 0 Å². The summed E-state index contributed by atoms with van der Waals surface area (Å²) in [6.07, 6.45) is 1.31. The Morgan fingerprint density at radius 1 is 1.42 bits per heavy atom. The normalized spacial score (nSPS) is 10.8. The molecule has 3 aromatic rings. The topological polar surface area (TPSA) is 85.6 Å². The third-order valence-corrected chi connectivity index (χ3v) is 3.49. The first-order valence-electron chi connectivity index (χ1n) is 5.22. The van der Waals surface area contributed by atoms with Crippen LogP contribution in [0.1, 0.15) is 10.6 Å². The summed E-state index contributed by atoms with van der Waals surface area (Å²) in [7, 11) is 1.64. The Balaban J connectivity index is 1.89. The molecule has 0 radical (unpaired) electrons. The number of anilines is 1. The van der Waals surface area contributed by atoms with Gasteiger partial charge in [-0.1, -0.05) is 22.9 Å². The van der Waals surface area contributed by atoms with Crippen LogP contribution < -0.4 is 5.32 Å². The molecule has 1 amide bonds. The number of carbonyl (C=O) groups excluding carboxylic acids is 1. The maximum atomic E-state index is 11.9. The van der Waals surface area contributed by atoms with Gasteiger partial charge in [0.1, 0.15) is 11.5 Å². The highest BCUT2D eigenvalue weighted by Gasteiger charge is 2.14. The van der Waals surface area contributed by atoms with Crippen LogP contribution in [-0.4, -0.2) is 30.6 Å². The zero-order valence-electron chi connectivity index (χ0n) is 9.66. The summed E-state index contributed by atoms with van der Waals surface area (Å²) in [6.45, 7) is 0. The lowest BCUT2D eigenvalue weighted by molar-refractivity contribution is 0.101. The zero-order chi connectivity index (χ0) is 13.4. The molecule has 0 aromatic carbocycles. The predicted octanol–water partition coefficient (Wildman–Crippen LogP) is 1.73. The second-order valence-corrected chi connectivity index (χ2v) is 5.05. The van der Waals surface area contributed by atoms with Crippen LogP contribution in [0.5, 0.6) is 0 Å². The van der Waals surface area contributed by atoms with Gasteiger partial charge in [-0.05, 0) is 12.1 Å². The van der Waals surface area contributed by atoms with Crippen molar-refractivity contribution in [3.8, 4) is 0 Å². The van der Waals surface area contributed by atoms with Crippen molar-refractivity contribution in [1.29, 1.82) is 0 Å². The maximum Gasteiger partial charge on any atom is 0.294 e. The fourth-order valence-corrected chi connectivity index (χ4v) is 2.45. The number of aryl methyl sites for hydroxylation is 1. The first-order chi connectivity index (χ1) is 9.13. The highest BCUT2D eigenvalue weighted by molar-refractivity contribution is 7.22. The SMILES string of the molecule is Cn1ncnc1C(=O)Nc1nc2nc(Cl)ccc2s1. The van der Waals surface area contributed by atoms with Gasteiger partial charge in [-0.3, -0.25) is 10.1 Å². The first-order valence-corrected chi connectivity index (χ1v) is 6.41. The Labute approximate surface area is 116 Å². The van der Waals surface area contributed by atoms with E-state index in [0.29, 0.717) is 15.9 Å². The van der Waals surface area contributed by atoms with E-state index in [1.54, 1.807) is 19.2 Å². The van der Waals surface area contributed by atoms with E-state index in [2.05, 4.69) is 25.4 Å². The molecule has 0 bridgehead atoms. The Bertz CT molecular complexity index is 766. The molecule has 0 saturated heterocycles. The third-order valence-electron chi connectivity index (χ3n) is 2.35. The van der Waals surface area contributed by atoms with Gasteiger partial charge in [-0.15, -0.1) is 0 Å². The highest BCUT2D eigenvalue weighted by atomic mass is 35.5. The molecule has 0 unspecified atom stereocenters. The number of nitrogens with zero attached hydrogens (tertiary/aromatic N) is 5. The van der Waals surface area contributed by atoms with Crippen molar-refractivity contribution in [2.24, 2.45) is 7.05 Å². The Kier molecular flexibility index (Phi) is 2.88. The van der Waals surface area contributed by atoms with Crippen LogP contribution in [0, 0.1) is 0 Å². The van der Waals surface area contributed by atoms with Gasteiger partial charge in [0, 0.05) is 7.05 Å². The lowest BCUT2D eigenvalue weighted by Crippen LogP contribution is -2.17. The summed E-state index contributed by atoms with van der Waals surface area (Å²) in [5.74, 6) is -0.157. The standard InChI is InChI=1S/C10H7ClN6OS/c1-17-8(12-4-13-17)9(18)16-10-15-7-5(19-10)2-3-6(11)14-7/h2-4H,1H3,(H,14,15,16,18). The van der Waals surface area contributed by atoms with E-state index in [-0.39, 0.29) is 11.7 Å². The fourth-order valence-electron chi connectivity index (χ4n) is 1.50. The van der Waals surface area contributed by atoms with Gasteiger partial charge in [0.15, 0.2) is 10.8 Å². The first kappa shape index (κ1) is 12.0. The minimum Gasteiger partial charge on any atom is -0.295 e. The highest BCUT2D eigenvalue weighted by Crippen LogP contribution is 2.25. The van der Waals surface area contributed by atoms with Gasteiger partial charge in [0.05, 0.1) is 4.70 Å². The molecule has 0 aliphatic heterocycles. The largest absolute Gasteiger partial charge is 0.295 e. The maximum absolute atomic E-state index is 11.9. The molecular weight excluding hydrogens is 288 g/mol. The number of nitrogens with one attached hydrogen (secondary N) is 1. The fraction of sp³-hybridized carbons (Fsp3) is 0.100. The zero-order valence-corrected chi connectivity index (χ0v) is 11.2. The van der Waals surface area contributed by atoms with Crippen LogP contribution >= 0.6 is 22.9 Å². The van der Waals surface area contributed by atoms with Gasteiger partial charge in [-0.2, -0.15) is 10.1 Å². The molecule has 0 atom stereocenters. The lowest BCUT2D eigenvalue weighted by atomic mass is 10.5. The molecule has 1 N–H and O–H groups in total. The molecule has 19 heavy (non-hydrogen) atoms. The van der Waals surface area contributed by atoms with Crippen molar-refractivity contribution in [2.75, 3.05) is 5.32 Å². The van der Waals surface area contributed by atoms with E-state index in [0.717, 1.165) is 4.70 Å². The average molecular weight is 295 g/mol. The van der Waals surface area contributed by atoms with Crippen LogP contribution in [0.25, 0.3) is 10.3 Å². The van der Waals surface area contributed by atoms with Gasteiger partial charge in [0.25, 0.3) is 5.91 Å². The summed E-state index contributed by atoms with van der Waals surface area (Å²) in [6, 6.07) is 3.48. The second kappa shape index (κ2) is 4.56. The number of fused-ring (bicyclic) bond motifs is 1. The monoisotopic (exact) mass is 294 g/mol. The number of hydrogen-bond donors (Lipinski definition) is 1. The van der Waals surface area contributed by atoms with Gasteiger partial charge < -0.3 is 0 Å². The summed E-state index contributed by atoms with van der Waals surface area (Å²) < 4.78 is 2.23. The van der Waals surface area contributed by atoms with Crippen molar-refractivity contribution in [1.82, 2.24) is 24.7 Å². The number of aromatic nitrogens is 5. The summed E-state index contributed by atoms with van der Waals surface area (Å²) in [5, 5.41) is 7.29. The Morgan fingerprint density at radius 2 is 2.26 bits per heavy atom. The predicted molar refractivity (Wildman–Crippen MR) is 71.4 cm³/mol. The van der Waals surface area contributed by atoms with Crippen molar-refractivity contribution < 1.29 is 4.79 Å². The smallest absolute Gasteiger partial charge is 0.294 e. The molecule has 96 valence electrons. The van der Waals surface area contributed by atoms with E-state index >= 15 is 0 Å². The van der Waals surface area contributed by atoms with E-state index in [1.807, 2.05) is 0 Å². The summed E-state index contributed by atoms with van der Waals surface area (Å²) in [5.41, 5.74) is 0.505. The summed E-state index contributed by atoms with van der Waals surface area (Å²) in [4.78, 5) is 24.0. The van der Waals surface area contributed by atoms with Crippen molar-refractivity contribution in [3.05, 3.63) is 29.4 Å². The van der Waals surface area contributed by atoms with Crippen LogP contribution in [0.15, 0.2) is 18.5 Å². The van der Waals surface area contributed by atoms with Crippen molar-refractivity contribution in [3.63, 3.8) is 0 Å². The molecule has 9 heteroatoms. The minimum atomic E-state index is -0.370. The van der Waals surface area contributed by atoms with E-state index in [1.165, 1.54) is 22.3 Å². The Morgan fingerprint density at radius 3 is 3.00 bits per heavy atom. The molecule has 3 rings (SSSR count). The third kappa shape index (κ3) is 2.27. The quantitative estimate of drug-likeness (QED) is 0.727. The van der Waals surface area contributed by atoms with E-state index < -0.39 is 0 Å².